The fourth-order valence-electron chi connectivity index (χ4n) is 2.66. The molecule has 0 unspecified atom stereocenters. The molecule has 1 aromatic heterocycles. The van der Waals surface area contributed by atoms with Crippen molar-refractivity contribution in [3.05, 3.63) is 23.9 Å². The lowest BCUT2D eigenvalue weighted by Crippen LogP contribution is -2.40. The molecule has 0 amide bonds. The van der Waals surface area contributed by atoms with Crippen LogP contribution >= 0.6 is 24.0 Å². The van der Waals surface area contributed by atoms with E-state index in [4.69, 9.17) is 9.73 Å². The third-order valence-electron chi connectivity index (χ3n) is 3.81. The van der Waals surface area contributed by atoms with Crippen molar-refractivity contribution in [1.29, 1.82) is 0 Å². The van der Waals surface area contributed by atoms with Crippen LogP contribution in [-0.2, 0) is 6.54 Å². The van der Waals surface area contributed by atoms with Crippen LogP contribution in [0.2, 0.25) is 0 Å². The number of nitrogens with one attached hydrogen (secondary N) is 1. The SMILES string of the molecule is CCNC(=NCc1ccnc(OCC)c1)N1CCC(C)(C)C1.I. The number of guanidine groups is 1. The lowest BCUT2D eigenvalue weighted by Gasteiger charge is -2.23. The summed E-state index contributed by atoms with van der Waals surface area (Å²) in [5.41, 5.74) is 1.49. The summed E-state index contributed by atoms with van der Waals surface area (Å²) in [6, 6.07) is 3.95. The number of nitrogens with zero attached hydrogens (tertiary/aromatic N) is 3. The number of hydrogen-bond donors (Lipinski definition) is 1. The van der Waals surface area contributed by atoms with Crippen LogP contribution in [0.25, 0.3) is 0 Å². The predicted molar refractivity (Wildman–Crippen MR) is 106 cm³/mol. The molecule has 1 fully saturated rings. The van der Waals surface area contributed by atoms with Gasteiger partial charge in [0.05, 0.1) is 13.2 Å². The Balaban J connectivity index is 0.00000264. The Morgan fingerprint density at radius 1 is 1.43 bits per heavy atom. The van der Waals surface area contributed by atoms with E-state index in [1.165, 1.54) is 6.42 Å². The second-order valence-electron chi connectivity index (χ2n) is 6.44. The number of rotatable bonds is 5. The fourth-order valence-corrected chi connectivity index (χ4v) is 2.66. The zero-order valence-electron chi connectivity index (χ0n) is 14.6. The van der Waals surface area contributed by atoms with Gasteiger partial charge in [-0.1, -0.05) is 13.8 Å². The van der Waals surface area contributed by atoms with E-state index in [-0.39, 0.29) is 24.0 Å². The van der Waals surface area contributed by atoms with E-state index in [0.717, 1.165) is 31.2 Å². The number of halogens is 1. The van der Waals surface area contributed by atoms with Crippen LogP contribution in [0.3, 0.4) is 0 Å². The van der Waals surface area contributed by atoms with E-state index in [2.05, 4.69) is 36.0 Å². The van der Waals surface area contributed by atoms with E-state index in [1.54, 1.807) is 6.20 Å². The Labute approximate surface area is 156 Å². The Bertz CT molecular complexity index is 519. The zero-order chi connectivity index (χ0) is 16.0. The first kappa shape index (κ1) is 20.0. The molecule has 0 bridgehead atoms. The molecule has 130 valence electrons. The Morgan fingerprint density at radius 3 is 2.83 bits per heavy atom. The zero-order valence-corrected chi connectivity index (χ0v) is 17.0. The van der Waals surface area contributed by atoms with Crippen molar-refractivity contribution in [3.63, 3.8) is 0 Å². The molecular formula is C17H29IN4O. The van der Waals surface area contributed by atoms with E-state index >= 15 is 0 Å². The van der Waals surface area contributed by atoms with Gasteiger partial charge >= 0.3 is 0 Å². The largest absolute Gasteiger partial charge is 0.478 e. The molecule has 2 rings (SSSR count). The molecule has 0 spiro atoms. The van der Waals surface area contributed by atoms with Crippen molar-refractivity contribution in [2.45, 2.75) is 40.7 Å². The van der Waals surface area contributed by atoms with Gasteiger partial charge in [-0.3, -0.25) is 0 Å². The van der Waals surface area contributed by atoms with E-state index < -0.39 is 0 Å². The minimum atomic E-state index is 0. The number of hydrogen-bond acceptors (Lipinski definition) is 3. The van der Waals surface area contributed by atoms with Crippen molar-refractivity contribution in [3.8, 4) is 5.88 Å². The maximum absolute atomic E-state index is 5.44. The van der Waals surface area contributed by atoms with Crippen LogP contribution in [-0.4, -0.2) is 42.1 Å². The van der Waals surface area contributed by atoms with E-state index in [9.17, 15) is 0 Å². The molecule has 23 heavy (non-hydrogen) atoms. The molecule has 1 aromatic rings. The molecule has 0 aliphatic carbocycles. The number of pyridine rings is 1. The van der Waals surface area contributed by atoms with Gasteiger partial charge in [0.15, 0.2) is 5.96 Å². The van der Waals surface area contributed by atoms with Crippen LogP contribution in [0, 0.1) is 5.41 Å². The van der Waals surface area contributed by atoms with Crippen molar-refractivity contribution in [2.24, 2.45) is 10.4 Å². The predicted octanol–water partition coefficient (Wildman–Crippen LogP) is 3.30. The molecular weight excluding hydrogens is 403 g/mol. The second-order valence-corrected chi connectivity index (χ2v) is 6.44. The summed E-state index contributed by atoms with van der Waals surface area (Å²) in [5.74, 6) is 1.67. The highest BCUT2D eigenvalue weighted by Crippen LogP contribution is 2.28. The van der Waals surface area contributed by atoms with Crippen molar-refractivity contribution < 1.29 is 4.74 Å². The van der Waals surface area contributed by atoms with Gasteiger partial charge in [-0.2, -0.15) is 0 Å². The van der Waals surface area contributed by atoms with Crippen molar-refractivity contribution in [1.82, 2.24) is 15.2 Å². The van der Waals surface area contributed by atoms with Gasteiger partial charge in [0, 0.05) is 31.9 Å². The Hall–Kier alpha value is -1.05. The van der Waals surface area contributed by atoms with Gasteiger partial charge < -0.3 is 15.0 Å². The first-order chi connectivity index (χ1) is 10.5. The monoisotopic (exact) mass is 432 g/mol. The van der Waals surface area contributed by atoms with Gasteiger partial charge in [-0.05, 0) is 37.3 Å². The third kappa shape index (κ3) is 6.16. The van der Waals surface area contributed by atoms with Gasteiger partial charge in [0.25, 0.3) is 0 Å². The smallest absolute Gasteiger partial charge is 0.213 e. The molecule has 1 aliphatic rings. The number of aromatic nitrogens is 1. The Kier molecular flexibility index (Phi) is 8.08. The molecule has 6 heteroatoms. The summed E-state index contributed by atoms with van der Waals surface area (Å²) >= 11 is 0. The summed E-state index contributed by atoms with van der Waals surface area (Å²) in [4.78, 5) is 11.3. The lowest BCUT2D eigenvalue weighted by molar-refractivity contribution is 0.326. The first-order valence-corrected chi connectivity index (χ1v) is 8.15. The van der Waals surface area contributed by atoms with Gasteiger partial charge in [-0.25, -0.2) is 9.98 Å². The average molecular weight is 432 g/mol. The van der Waals surface area contributed by atoms with Crippen LogP contribution in [0.4, 0.5) is 0 Å². The molecule has 1 aliphatic heterocycles. The third-order valence-corrected chi connectivity index (χ3v) is 3.81. The molecule has 5 nitrogen and oxygen atoms in total. The van der Waals surface area contributed by atoms with Crippen molar-refractivity contribution in [2.75, 3.05) is 26.2 Å². The second kappa shape index (κ2) is 9.30. The molecule has 0 saturated carbocycles. The number of likely N-dealkylation sites (tertiary alicyclic amines) is 1. The number of aliphatic imine (C=N–C) groups is 1. The summed E-state index contributed by atoms with van der Waals surface area (Å²) in [6.07, 6.45) is 2.99. The fraction of sp³-hybridized carbons (Fsp3) is 0.647. The molecule has 0 aromatic carbocycles. The summed E-state index contributed by atoms with van der Waals surface area (Å²) < 4.78 is 5.44. The Morgan fingerprint density at radius 2 is 2.22 bits per heavy atom. The highest BCUT2D eigenvalue weighted by molar-refractivity contribution is 14.0. The van der Waals surface area contributed by atoms with Crippen LogP contribution in [0.1, 0.15) is 39.7 Å². The van der Waals surface area contributed by atoms with Gasteiger partial charge in [-0.15, -0.1) is 24.0 Å². The number of ether oxygens (including phenoxy) is 1. The maximum atomic E-state index is 5.44. The minimum absolute atomic E-state index is 0. The van der Waals surface area contributed by atoms with E-state index in [0.29, 0.717) is 24.4 Å². The average Bonchev–Trinajstić information content (AvgIpc) is 2.84. The molecule has 0 atom stereocenters. The molecule has 0 radical (unpaired) electrons. The minimum Gasteiger partial charge on any atom is -0.478 e. The van der Waals surface area contributed by atoms with Crippen LogP contribution in [0.5, 0.6) is 5.88 Å². The van der Waals surface area contributed by atoms with Crippen molar-refractivity contribution >= 4 is 29.9 Å². The molecule has 1 saturated heterocycles. The standard InChI is InChI=1S/C17H28N4O.HI/c1-5-18-16(21-10-8-17(3,4)13-21)20-12-14-7-9-19-15(11-14)22-6-2;/h7,9,11H,5-6,8,10,12-13H2,1-4H3,(H,18,20);1H. The normalized spacial score (nSPS) is 16.9. The highest BCUT2D eigenvalue weighted by Gasteiger charge is 2.30. The summed E-state index contributed by atoms with van der Waals surface area (Å²) in [6.45, 7) is 13.0. The molecule has 2 heterocycles. The highest BCUT2D eigenvalue weighted by atomic mass is 127. The first-order valence-electron chi connectivity index (χ1n) is 8.15. The van der Waals surface area contributed by atoms with Crippen LogP contribution in [0.15, 0.2) is 23.3 Å². The summed E-state index contributed by atoms with van der Waals surface area (Å²) in [5, 5.41) is 3.40. The van der Waals surface area contributed by atoms with E-state index in [1.807, 2.05) is 19.1 Å². The van der Waals surface area contributed by atoms with Crippen LogP contribution < -0.4 is 10.1 Å². The topological polar surface area (TPSA) is 49.8 Å². The van der Waals surface area contributed by atoms with Gasteiger partial charge in [0.2, 0.25) is 5.88 Å². The maximum Gasteiger partial charge on any atom is 0.213 e. The summed E-state index contributed by atoms with van der Waals surface area (Å²) in [7, 11) is 0. The molecule has 1 N–H and O–H groups in total. The quantitative estimate of drug-likeness (QED) is 0.441. The lowest BCUT2D eigenvalue weighted by atomic mass is 9.93. The van der Waals surface area contributed by atoms with Gasteiger partial charge in [0.1, 0.15) is 0 Å².